The molecular formula is C24H24Cl3N5O4. The predicted molar refractivity (Wildman–Crippen MR) is 140 cm³/mol. The average Bonchev–Trinajstić information content (AvgIpc) is 3.63. The lowest BCUT2D eigenvalue weighted by molar-refractivity contribution is 0.135. The standard InChI is InChI=1S/C24H24Cl3N5O4/c1-12-6-18(13(2)28-22(12)35-3)30-21-23(33)32(10-20(27)31-21)19(14-4-5-14)11-36-24(34)29-17-8-15(25)7-16(26)9-17/h6-10,14,19H,4-5,11H2,1-3H3,(H,29,34)(H,30,31)/t19-/m0/s1. The minimum Gasteiger partial charge on any atom is -0.481 e. The smallest absolute Gasteiger partial charge is 0.411 e. The summed E-state index contributed by atoms with van der Waals surface area (Å²) in [5.74, 6) is 0.702. The number of aromatic nitrogens is 3. The van der Waals surface area contributed by atoms with Gasteiger partial charge >= 0.3 is 6.09 Å². The zero-order chi connectivity index (χ0) is 26.0. The Labute approximate surface area is 222 Å². The molecule has 0 radical (unpaired) electrons. The predicted octanol–water partition coefficient (Wildman–Crippen LogP) is 6.17. The minimum atomic E-state index is -0.694. The maximum atomic E-state index is 13.4. The maximum Gasteiger partial charge on any atom is 0.411 e. The van der Waals surface area contributed by atoms with Crippen LogP contribution in [0.1, 0.15) is 30.1 Å². The summed E-state index contributed by atoms with van der Waals surface area (Å²) in [6, 6.07) is 6.07. The Morgan fingerprint density at radius 3 is 2.47 bits per heavy atom. The third kappa shape index (κ3) is 6.21. The van der Waals surface area contributed by atoms with E-state index in [9.17, 15) is 9.59 Å². The molecule has 1 saturated carbocycles. The summed E-state index contributed by atoms with van der Waals surface area (Å²) in [6.07, 6.45) is 2.56. The maximum absolute atomic E-state index is 13.4. The summed E-state index contributed by atoms with van der Waals surface area (Å²) < 4.78 is 12.2. The molecule has 1 atom stereocenters. The zero-order valence-corrected chi connectivity index (χ0v) is 22.0. The first kappa shape index (κ1) is 26.1. The molecule has 1 aromatic carbocycles. The van der Waals surface area contributed by atoms with Crippen molar-refractivity contribution < 1.29 is 14.3 Å². The molecule has 2 heterocycles. The molecule has 9 nitrogen and oxygen atoms in total. The quantitative estimate of drug-likeness (QED) is 0.344. The summed E-state index contributed by atoms with van der Waals surface area (Å²) in [5, 5.41) is 6.52. The van der Waals surface area contributed by atoms with Gasteiger partial charge in [-0.15, -0.1) is 0 Å². The summed E-state index contributed by atoms with van der Waals surface area (Å²) >= 11 is 18.2. The number of hydrogen-bond acceptors (Lipinski definition) is 7. The van der Waals surface area contributed by atoms with Crippen molar-refractivity contribution in [1.29, 1.82) is 0 Å². The Bertz CT molecular complexity index is 1340. The number of aryl methyl sites for hydroxylation is 2. The number of amides is 1. The number of pyridine rings is 1. The van der Waals surface area contributed by atoms with Crippen molar-refractivity contribution >= 4 is 58.1 Å². The van der Waals surface area contributed by atoms with Gasteiger partial charge in [0.05, 0.1) is 24.5 Å². The second kappa shape index (κ2) is 10.9. The molecule has 3 aromatic rings. The SMILES string of the molecule is COc1nc(C)c(Nc2nc(Cl)cn([C@@H](COC(=O)Nc3cc(Cl)cc(Cl)c3)C3CC3)c2=O)cc1C. The molecule has 1 aliphatic carbocycles. The monoisotopic (exact) mass is 551 g/mol. The molecule has 12 heteroatoms. The van der Waals surface area contributed by atoms with Crippen LogP contribution < -0.4 is 20.9 Å². The third-order valence-corrected chi connectivity index (χ3v) is 6.34. The van der Waals surface area contributed by atoms with Gasteiger partial charge < -0.3 is 19.4 Å². The second-order valence-corrected chi connectivity index (χ2v) is 9.74. The van der Waals surface area contributed by atoms with E-state index in [2.05, 4.69) is 20.6 Å². The van der Waals surface area contributed by atoms with Crippen LogP contribution >= 0.6 is 34.8 Å². The first-order valence-corrected chi connectivity index (χ1v) is 12.3. The van der Waals surface area contributed by atoms with Crippen molar-refractivity contribution in [3.05, 3.63) is 67.3 Å². The largest absolute Gasteiger partial charge is 0.481 e. The molecule has 4 rings (SSSR count). The molecule has 190 valence electrons. The zero-order valence-electron chi connectivity index (χ0n) is 19.8. The van der Waals surface area contributed by atoms with Crippen LogP contribution in [0.2, 0.25) is 15.2 Å². The summed E-state index contributed by atoms with van der Waals surface area (Å²) in [4.78, 5) is 34.4. The van der Waals surface area contributed by atoms with Gasteiger partial charge in [-0.1, -0.05) is 34.8 Å². The van der Waals surface area contributed by atoms with Crippen molar-refractivity contribution in [1.82, 2.24) is 14.5 Å². The molecule has 0 aliphatic heterocycles. The topological polar surface area (TPSA) is 107 Å². The van der Waals surface area contributed by atoms with Crippen molar-refractivity contribution in [2.75, 3.05) is 24.4 Å². The lowest BCUT2D eigenvalue weighted by Crippen LogP contribution is -2.32. The Morgan fingerprint density at radius 1 is 1.14 bits per heavy atom. The minimum absolute atomic E-state index is 0.0350. The van der Waals surface area contributed by atoms with Gasteiger partial charge in [0.25, 0.3) is 5.56 Å². The number of carbonyl (C=O) groups is 1. The van der Waals surface area contributed by atoms with Crippen LogP contribution in [0, 0.1) is 19.8 Å². The lowest BCUT2D eigenvalue weighted by Gasteiger charge is -2.21. The molecule has 2 aromatic heterocycles. The number of anilines is 3. The first-order chi connectivity index (χ1) is 17.1. The van der Waals surface area contributed by atoms with Crippen LogP contribution in [0.15, 0.2) is 35.3 Å². The van der Waals surface area contributed by atoms with Gasteiger partial charge in [-0.2, -0.15) is 0 Å². The van der Waals surface area contributed by atoms with Gasteiger partial charge in [0.2, 0.25) is 5.88 Å². The molecule has 36 heavy (non-hydrogen) atoms. The van der Waals surface area contributed by atoms with Crippen LogP contribution in [0.5, 0.6) is 5.88 Å². The van der Waals surface area contributed by atoms with Gasteiger partial charge in [-0.05, 0) is 56.9 Å². The van der Waals surface area contributed by atoms with E-state index in [1.54, 1.807) is 32.2 Å². The van der Waals surface area contributed by atoms with Gasteiger partial charge in [-0.3, -0.25) is 10.1 Å². The van der Waals surface area contributed by atoms with Crippen molar-refractivity contribution in [3.63, 3.8) is 0 Å². The second-order valence-electron chi connectivity index (χ2n) is 8.48. The lowest BCUT2D eigenvalue weighted by atomic mass is 10.2. The molecule has 0 unspecified atom stereocenters. The summed E-state index contributed by atoms with van der Waals surface area (Å²) in [5.41, 5.74) is 2.03. The van der Waals surface area contributed by atoms with Crippen molar-refractivity contribution in [2.24, 2.45) is 5.92 Å². The number of ether oxygens (including phenoxy) is 2. The molecule has 1 fully saturated rings. The molecule has 0 spiro atoms. The molecule has 0 bridgehead atoms. The van der Waals surface area contributed by atoms with E-state index in [0.717, 1.165) is 18.4 Å². The Hall–Kier alpha value is -3.01. The molecule has 2 N–H and O–H groups in total. The normalized spacial score (nSPS) is 13.7. The number of carbonyl (C=O) groups excluding carboxylic acids is 1. The number of nitrogens with zero attached hydrogens (tertiary/aromatic N) is 3. The highest BCUT2D eigenvalue weighted by Gasteiger charge is 2.35. The fourth-order valence-corrected chi connectivity index (χ4v) is 4.53. The number of hydrogen-bond donors (Lipinski definition) is 2. The number of rotatable bonds is 8. The summed E-state index contributed by atoms with van der Waals surface area (Å²) in [6.45, 7) is 3.61. The number of methoxy groups -OCH3 is 1. The molecular weight excluding hydrogens is 529 g/mol. The van der Waals surface area contributed by atoms with Gasteiger partial charge in [0.15, 0.2) is 5.82 Å². The third-order valence-electron chi connectivity index (χ3n) is 5.72. The van der Waals surface area contributed by atoms with E-state index in [-0.39, 0.29) is 23.5 Å². The van der Waals surface area contributed by atoms with E-state index in [0.29, 0.717) is 33.0 Å². The van der Waals surface area contributed by atoms with Crippen molar-refractivity contribution in [3.8, 4) is 5.88 Å². The fraction of sp³-hybridized carbons (Fsp3) is 0.333. The molecule has 1 amide bonds. The van der Waals surface area contributed by atoms with Gasteiger partial charge in [0.1, 0.15) is 11.8 Å². The Morgan fingerprint density at radius 2 is 1.83 bits per heavy atom. The van der Waals surface area contributed by atoms with E-state index in [1.165, 1.54) is 10.8 Å². The van der Waals surface area contributed by atoms with Crippen LogP contribution in [0.4, 0.5) is 22.0 Å². The van der Waals surface area contributed by atoms with E-state index in [1.807, 2.05) is 13.0 Å². The summed E-state index contributed by atoms with van der Waals surface area (Å²) in [7, 11) is 1.55. The van der Waals surface area contributed by atoms with Crippen LogP contribution in [-0.2, 0) is 4.74 Å². The first-order valence-electron chi connectivity index (χ1n) is 11.1. The van der Waals surface area contributed by atoms with E-state index >= 15 is 0 Å². The molecule has 1 aliphatic rings. The number of benzene rings is 1. The van der Waals surface area contributed by atoms with E-state index in [4.69, 9.17) is 44.3 Å². The van der Waals surface area contributed by atoms with Gasteiger partial charge in [0, 0.05) is 27.5 Å². The van der Waals surface area contributed by atoms with E-state index < -0.39 is 17.7 Å². The molecule has 0 saturated heterocycles. The highest BCUT2D eigenvalue weighted by atomic mass is 35.5. The Balaban J connectivity index is 1.54. The number of halogens is 3. The highest BCUT2D eigenvalue weighted by Crippen LogP contribution is 2.40. The average molecular weight is 553 g/mol. The van der Waals surface area contributed by atoms with Crippen LogP contribution in [0.3, 0.4) is 0 Å². The fourth-order valence-electron chi connectivity index (χ4n) is 3.82. The highest BCUT2D eigenvalue weighted by molar-refractivity contribution is 6.35. The Kier molecular flexibility index (Phi) is 7.92. The van der Waals surface area contributed by atoms with Crippen molar-refractivity contribution in [2.45, 2.75) is 32.7 Å². The number of nitrogens with one attached hydrogen (secondary N) is 2. The van der Waals surface area contributed by atoms with Gasteiger partial charge in [-0.25, -0.2) is 14.8 Å². The van der Waals surface area contributed by atoms with Crippen LogP contribution in [-0.4, -0.2) is 34.3 Å². The van der Waals surface area contributed by atoms with Crippen LogP contribution in [0.25, 0.3) is 0 Å².